The van der Waals surface area contributed by atoms with Gasteiger partial charge < -0.3 is 14.4 Å². The number of pyridine rings is 1. The molecule has 0 fully saturated rings. The molecule has 3 heterocycles. The van der Waals surface area contributed by atoms with Gasteiger partial charge in [-0.2, -0.15) is 0 Å². The Hall–Kier alpha value is -3.58. The van der Waals surface area contributed by atoms with E-state index in [9.17, 15) is 4.79 Å². The Kier molecular flexibility index (Phi) is 6.51. The Morgan fingerprint density at radius 3 is 2.55 bits per heavy atom. The van der Waals surface area contributed by atoms with Crippen LogP contribution in [0, 0.1) is 6.92 Å². The first-order valence-electron chi connectivity index (χ1n) is 11.2. The van der Waals surface area contributed by atoms with Crippen molar-refractivity contribution in [3.8, 4) is 34.0 Å². The average molecular weight is 448 g/mol. The van der Waals surface area contributed by atoms with Crippen LogP contribution in [0.25, 0.3) is 34.0 Å². The van der Waals surface area contributed by atoms with Crippen LogP contribution >= 0.6 is 0 Å². The summed E-state index contributed by atoms with van der Waals surface area (Å²) in [6, 6.07) is 12.1. The second kappa shape index (κ2) is 9.50. The first-order valence-corrected chi connectivity index (χ1v) is 11.2. The molecule has 4 rings (SSSR count). The van der Waals surface area contributed by atoms with Gasteiger partial charge in [-0.1, -0.05) is 36.3 Å². The van der Waals surface area contributed by atoms with E-state index in [2.05, 4.69) is 27.6 Å². The molecule has 0 aliphatic heterocycles. The molecule has 0 saturated carbocycles. The minimum absolute atomic E-state index is 0. The molecule has 4 aromatic rings. The van der Waals surface area contributed by atoms with Crippen LogP contribution < -0.4 is 10.9 Å². The highest BCUT2D eigenvalue weighted by Gasteiger charge is 2.16. The maximum absolute atomic E-state index is 12.7. The molecule has 0 radical (unpaired) electrons. The van der Waals surface area contributed by atoms with Gasteiger partial charge in [-0.3, -0.25) is 9.78 Å². The molecule has 0 bridgehead atoms. The Bertz CT molecular complexity index is 1330. The van der Waals surface area contributed by atoms with E-state index in [-0.39, 0.29) is 14.5 Å². The molecule has 33 heavy (non-hydrogen) atoms. The molecule has 1 aromatic carbocycles. The lowest BCUT2D eigenvalue weighted by molar-refractivity contribution is 0.433. The predicted molar refractivity (Wildman–Crippen MR) is 134 cm³/mol. The van der Waals surface area contributed by atoms with Crippen LogP contribution in [0.2, 0.25) is 0 Å². The van der Waals surface area contributed by atoms with Crippen molar-refractivity contribution in [2.24, 2.45) is 0 Å². The minimum atomic E-state index is 0. The number of aryl methyl sites for hydroxylation is 2. The maximum Gasteiger partial charge on any atom is 0.253 e. The zero-order chi connectivity index (χ0) is 23.5. The highest BCUT2D eigenvalue weighted by molar-refractivity contribution is 5.68. The molecular formula is C26H33N5O2. The van der Waals surface area contributed by atoms with Gasteiger partial charge in [0.05, 0.1) is 17.6 Å². The molecule has 174 valence electrons. The number of hydrogen-bond donors (Lipinski definition) is 1. The van der Waals surface area contributed by atoms with Gasteiger partial charge in [-0.05, 0) is 45.9 Å². The summed E-state index contributed by atoms with van der Waals surface area (Å²) in [5.74, 6) is 0.559. The van der Waals surface area contributed by atoms with Crippen molar-refractivity contribution in [3.63, 3.8) is 0 Å². The molecule has 0 aliphatic carbocycles. The van der Waals surface area contributed by atoms with E-state index in [1.54, 1.807) is 10.8 Å². The van der Waals surface area contributed by atoms with Crippen molar-refractivity contribution in [2.45, 2.75) is 46.7 Å². The molecule has 0 amide bonds. The molecular weight excluding hydrogens is 414 g/mol. The summed E-state index contributed by atoms with van der Waals surface area (Å²) >= 11 is 0. The van der Waals surface area contributed by atoms with Crippen LogP contribution in [0.5, 0.6) is 0 Å². The summed E-state index contributed by atoms with van der Waals surface area (Å²) in [6.45, 7) is 8.69. The smallest absolute Gasteiger partial charge is 0.253 e. The zero-order valence-corrected chi connectivity index (χ0v) is 19.7. The normalized spacial score (nSPS) is 11.3. The molecule has 0 unspecified atom stereocenters. The summed E-state index contributed by atoms with van der Waals surface area (Å²) in [4.78, 5) is 22.1. The first-order chi connectivity index (χ1) is 15.9. The van der Waals surface area contributed by atoms with Gasteiger partial charge >= 0.3 is 0 Å². The van der Waals surface area contributed by atoms with E-state index in [1.165, 1.54) is 5.56 Å². The third kappa shape index (κ3) is 4.64. The summed E-state index contributed by atoms with van der Waals surface area (Å²) in [7, 11) is 1.93. The lowest BCUT2D eigenvalue weighted by Gasteiger charge is -2.14. The second-order valence-corrected chi connectivity index (χ2v) is 8.41. The molecule has 0 saturated heterocycles. The fraction of sp³-hybridized carbons (Fsp3) is 0.308. The van der Waals surface area contributed by atoms with Crippen LogP contribution in [0.4, 0.5) is 0 Å². The fourth-order valence-electron chi connectivity index (χ4n) is 3.78. The van der Waals surface area contributed by atoms with Crippen molar-refractivity contribution in [3.05, 3.63) is 76.0 Å². The molecule has 0 atom stereocenters. The Labute approximate surface area is 196 Å². The number of hydrogen-bond acceptors (Lipinski definition) is 6. The van der Waals surface area contributed by atoms with Crippen molar-refractivity contribution in [1.82, 2.24) is 25.0 Å². The number of aromatic nitrogens is 4. The SMILES string of the molecule is CCc1cc(-c2cnc(C)c(-c3cc(-c4ccc(CNC)cc4)no3)n2)cn(C(C)C)c1=O.[HH].[HH]. The van der Waals surface area contributed by atoms with E-state index >= 15 is 0 Å². The number of rotatable bonds is 7. The number of nitrogens with one attached hydrogen (secondary N) is 1. The molecule has 1 N–H and O–H groups in total. The van der Waals surface area contributed by atoms with Gasteiger partial charge in [-0.15, -0.1) is 0 Å². The standard InChI is InChI=1S/C26H29N5O2.2H2/c1-6-19-11-21(15-31(16(2)3)26(19)32)23-14-28-17(4)25(29-23)24-12-22(30-33-24)20-9-7-18(8-10-20)13-27-5;;/h7-12,14-16,27H,6,13H2,1-5H3;2*1H. The minimum Gasteiger partial charge on any atom is -0.354 e. The van der Waals surface area contributed by atoms with E-state index in [0.717, 1.165) is 34.6 Å². The topological polar surface area (TPSA) is 85.8 Å². The summed E-state index contributed by atoms with van der Waals surface area (Å²) in [5.41, 5.74) is 6.65. The number of nitrogens with zero attached hydrogens (tertiary/aromatic N) is 4. The lowest BCUT2D eigenvalue weighted by Crippen LogP contribution is -2.24. The average Bonchev–Trinajstić information content (AvgIpc) is 3.30. The van der Waals surface area contributed by atoms with Crippen LogP contribution in [0.1, 0.15) is 46.5 Å². The summed E-state index contributed by atoms with van der Waals surface area (Å²) < 4.78 is 7.41. The largest absolute Gasteiger partial charge is 0.354 e. The fourth-order valence-corrected chi connectivity index (χ4v) is 3.78. The Morgan fingerprint density at radius 2 is 1.88 bits per heavy atom. The van der Waals surface area contributed by atoms with Gasteiger partial charge in [0.1, 0.15) is 11.4 Å². The van der Waals surface area contributed by atoms with Crippen molar-refractivity contribution in [1.29, 1.82) is 0 Å². The third-order valence-corrected chi connectivity index (χ3v) is 5.68. The van der Waals surface area contributed by atoms with Gasteiger partial charge in [0.2, 0.25) is 0 Å². The summed E-state index contributed by atoms with van der Waals surface area (Å²) in [5, 5.41) is 7.40. The molecule has 3 aromatic heterocycles. The monoisotopic (exact) mass is 447 g/mol. The van der Waals surface area contributed by atoms with E-state index in [0.29, 0.717) is 23.6 Å². The van der Waals surface area contributed by atoms with Gasteiger partial charge in [0.15, 0.2) is 5.76 Å². The molecule has 0 aliphatic rings. The van der Waals surface area contributed by atoms with E-state index < -0.39 is 0 Å². The van der Waals surface area contributed by atoms with Crippen LogP contribution in [0.15, 0.2) is 58.1 Å². The Morgan fingerprint density at radius 1 is 1.12 bits per heavy atom. The van der Waals surface area contributed by atoms with E-state index in [1.807, 2.05) is 65.2 Å². The van der Waals surface area contributed by atoms with Crippen molar-refractivity contribution in [2.75, 3.05) is 7.05 Å². The van der Waals surface area contributed by atoms with Gasteiger partial charge in [0.25, 0.3) is 5.56 Å². The summed E-state index contributed by atoms with van der Waals surface area (Å²) in [6.07, 6.45) is 4.25. The highest BCUT2D eigenvalue weighted by atomic mass is 16.5. The molecule has 0 spiro atoms. The highest BCUT2D eigenvalue weighted by Crippen LogP contribution is 2.28. The molecule has 7 heteroatoms. The first kappa shape index (κ1) is 22.6. The Balaban J connectivity index is 0.00000216. The van der Waals surface area contributed by atoms with Crippen molar-refractivity contribution >= 4 is 0 Å². The zero-order valence-electron chi connectivity index (χ0n) is 19.7. The third-order valence-electron chi connectivity index (χ3n) is 5.68. The van der Waals surface area contributed by atoms with E-state index in [4.69, 9.17) is 9.51 Å². The lowest BCUT2D eigenvalue weighted by atomic mass is 10.1. The van der Waals surface area contributed by atoms with Gasteiger partial charge in [-0.25, -0.2) is 4.98 Å². The maximum atomic E-state index is 12.7. The van der Waals surface area contributed by atoms with Gasteiger partial charge in [0, 0.05) is 44.4 Å². The van der Waals surface area contributed by atoms with Crippen LogP contribution in [-0.2, 0) is 13.0 Å². The number of benzene rings is 1. The van der Waals surface area contributed by atoms with Crippen LogP contribution in [-0.4, -0.2) is 26.7 Å². The predicted octanol–water partition coefficient (Wildman–Crippen LogP) is 5.29. The molecule has 7 nitrogen and oxygen atoms in total. The second-order valence-electron chi connectivity index (χ2n) is 8.41. The van der Waals surface area contributed by atoms with Crippen molar-refractivity contribution < 1.29 is 7.38 Å². The quantitative estimate of drug-likeness (QED) is 0.414. The van der Waals surface area contributed by atoms with Crippen LogP contribution in [0.3, 0.4) is 0 Å².